The third-order valence-corrected chi connectivity index (χ3v) is 6.07. The number of nitrogens with zero attached hydrogens (tertiary/aromatic N) is 2. The number of hydrazone groups is 2. The molecule has 3 rings (SSSR count). The Balaban J connectivity index is 1.53. The summed E-state index contributed by atoms with van der Waals surface area (Å²) in [5.74, 6) is -1.19. The van der Waals surface area contributed by atoms with Gasteiger partial charge >= 0.3 is 11.8 Å². The fourth-order valence-corrected chi connectivity index (χ4v) is 4.39. The van der Waals surface area contributed by atoms with Crippen molar-refractivity contribution in [3.8, 4) is 0 Å². The molecule has 11 heteroatoms. The standard InChI is InChI=1S/C16H10Br2N4O3S2/c17-13-5-1-9(26-13)7-19-21-15(23)11-3-4-12(25-11)16(24)22-20-8-10-2-6-14(18)27-10/h1-8H,(H,21,23)(H,22,24)/b19-7+,20-8+. The molecule has 0 spiro atoms. The Morgan fingerprint density at radius 3 is 1.63 bits per heavy atom. The van der Waals surface area contributed by atoms with Crippen molar-refractivity contribution in [1.29, 1.82) is 0 Å². The van der Waals surface area contributed by atoms with E-state index < -0.39 is 11.8 Å². The molecular formula is C16H10Br2N4O3S2. The van der Waals surface area contributed by atoms with Crippen LogP contribution in [0, 0.1) is 0 Å². The molecule has 2 N–H and O–H groups in total. The van der Waals surface area contributed by atoms with Gasteiger partial charge in [0.05, 0.1) is 20.0 Å². The Kier molecular flexibility index (Phi) is 6.72. The molecule has 0 saturated heterocycles. The van der Waals surface area contributed by atoms with E-state index >= 15 is 0 Å². The number of hydrogen-bond donors (Lipinski definition) is 2. The van der Waals surface area contributed by atoms with Crippen molar-refractivity contribution in [2.75, 3.05) is 0 Å². The minimum Gasteiger partial charge on any atom is -0.446 e. The average molecular weight is 530 g/mol. The molecule has 0 bridgehead atoms. The average Bonchev–Trinajstić information content (AvgIpc) is 3.36. The number of furan rings is 1. The van der Waals surface area contributed by atoms with E-state index in [1.54, 1.807) is 0 Å². The van der Waals surface area contributed by atoms with Gasteiger partial charge in [-0.1, -0.05) is 0 Å². The predicted molar refractivity (Wildman–Crippen MR) is 113 cm³/mol. The van der Waals surface area contributed by atoms with E-state index in [1.807, 2.05) is 24.3 Å². The topological polar surface area (TPSA) is 96.1 Å². The number of nitrogens with one attached hydrogen (secondary N) is 2. The molecule has 0 saturated carbocycles. The minimum atomic E-state index is -0.562. The van der Waals surface area contributed by atoms with Crippen molar-refractivity contribution < 1.29 is 14.0 Å². The highest BCUT2D eigenvalue weighted by Gasteiger charge is 2.15. The summed E-state index contributed by atoms with van der Waals surface area (Å²) >= 11 is 9.64. The number of thiophene rings is 2. The number of amides is 2. The van der Waals surface area contributed by atoms with Gasteiger partial charge in [0.15, 0.2) is 11.5 Å². The van der Waals surface area contributed by atoms with Crippen LogP contribution < -0.4 is 10.9 Å². The first-order valence-electron chi connectivity index (χ1n) is 7.28. The van der Waals surface area contributed by atoms with Crippen LogP contribution in [0.25, 0.3) is 0 Å². The lowest BCUT2D eigenvalue weighted by Crippen LogP contribution is -2.18. The molecule has 138 valence electrons. The molecule has 0 aliphatic heterocycles. The van der Waals surface area contributed by atoms with Gasteiger partial charge in [0.2, 0.25) is 0 Å². The van der Waals surface area contributed by atoms with Crippen LogP contribution in [0.2, 0.25) is 0 Å². The van der Waals surface area contributed by atoms with E-state index in [-0.39, 0.29) is 11.5 Å². The summed E-state index contributed by atoms with van der Waals surface area (Å²) in [5.41, 5.74) is 4.68. The van der Waals surface area contributed by atoms with Gasteiger partial charge in [-0.05, 0) is 68.3 Å². The third-order valence-electron chi connectivity index (χ3n) is 2.96. The van der Waals surface area contributed by atoms with Crippen LogP contribution in [0.15, 0.2) is 58.6 Å². The maximum Gasteiger partial charge on any atom is 0.307 e. The van der Waals surface area contributed by atoms with Crippen molar-refractivity contribution in [3.63, 3.8) is 0 Å². The smallest absolute Gasteiger partial charge is 0.307 e. The fraction of sp³-hybridized carbons (Fsp3) is 0. The van der Waals surface area contributed by atoms with Crippen LogP contribution >= 0.6 is 54.5 Å². The van der Waals surface area contributed by atoms with Gasteiger partial charge in [-0.2, -0.15) is 10.2 Å². The number of hydrogen-bond acceptors (Lipinski definition) is 7. The summed E-state index contributed by atoms with van der Waals surface area (Å²) in [6.07, 6.45) is 3.03. The van der Waals surface area contributed by atoms with Crippen molar-refractivity contribution in [1.82, 2.24) is 10.9 Å². The molecule has 27 heavy (non-hydrogen) atoms. The van der Waals surface area contributed by atoms with Crippen LogP contribution in [-0.4, -0.2) is 24.2 Å². The van der Waals surface area contributed by atoms with E-state index in [4.69, 9.17) is 4.42 Å². The van der Waals surface area contributed by atoms with Crippen molar-refractivity contribution >= 4 is 78.8 Å². The Labute approximate surface area is 178 Å². The molecule has 0 aliphatic rings. The molecule has 0 radical (unpaired) electrons. The van der Waals surface area contributed by atoms with Gasteiger partial charge in [0, 0.05) is 9.75 Å². The SMILES string of the molecule is O=C(N/N=C/c1ccc(Br)s1)c1ccc(C(=O)N/N=C/c2ccc(Br)s2)o1. The van der Waals surface area contributed by atoms with Crippen LogP contribution in [0.4, 0.5) is 0 Å². The lowest BCUT2D eigenvalue weighted by molar-refractivity contribution is 0.0902. The molecular weight excluding hydrogens is 520 g/mol. The first kappa shape index (κ1) is 19.7. The summed E-state index contributed by atoms with van der Waals surface area (Å²) in [6.45, 7) is 0. The maximum atomic E-state index is 12.0. The molecule has 0 aromatic carbocycles. The highest BCUT2D eigenvalue weighted by Crippen LogP contribution is 2.21. The second kappa shape index (κ2) is 9.22. The van der Waals surface area contributed by atoms with Crippen molar-refractivity contribution in [3.05, 3.63) is 65.2 Å². The zero-order valence-electron chi connectivity index (χ0n) is 13.3. The van der Waals surface area contributed by atoms with Crippen LogP contribution in [0.5, 0.6) is 0 Å². The zero-order valence-corrected chi connectivity index (χ0v) is 18.1. The molecule has 3 aromatic heterocycles. The highest BCUT2D eigenvalue weighted by molar-refractivity contribution is 9.11. The van der Waals surface area contributed by atoms with Gasteiger partial charge in [0.25, 0.3) is 0 Å². The molecule has 0 fully saturated rings. The number of halogens is 2. The van der Waals surface area contributed by atoms with Gasteiger partial charge in [-0.15, -0.1) is 22.7 Å². The summed E-state index contributed by atoms with van der Waals surface area (Å²) in [7, 11) is 0. The monoisotopic (exact) mass is 528 g/mol. The van der Waals surface area contributed by atoms with Crippen LogP contribution in [0.3, 0.4) is 0 Å². The van der Waals surface area contributed by atoms with Gasteiger partial charge in [-0.3, -0.25) is 9.59 Å². The van der Waals surface area contributed by atoms with E-state index in [1.165, 1.54) is 47.2 Å². The highest BCUT2D eigenvalue weighted by atomic mass is 79.9. The fourth-order valence-electron chi connectivity index (χ4n) is 1.80. The molecule has 0 atom stereocenters. The Morgan fingerprint density at radius 1 is 0.815 bits per heavy atom. The maximum absolute atomic E-state index is 12.0. The molecule has 2 amide bonds. The molecule has 7 nitrogen and oxygen atoms in total. The van der Waals surface area contributed by atoms with Gasteiger partial charge in [-0.25, -0.2) is 10.9 Å². The normalized spacial score (nSPS) is 11.3. The summed E-state index contributed by atoms with van der Waals surface area (Å²) < 4.78 is 7.17. The van der Waals surface area contributed by atoms with Crippen molar-refractivity contribution in [2.24, 2.45) is 10.2 Å². The first-order valence-corrected chi connectivity index (χ1v) is 10.5. The largest absolute Gasteiger partial charge is 0.446 e. The van der Waals surface area contributed by atoms with E-state index in [0.717, 1.165) is 17.3 Å². The lowest BCUT2D eigenvalue weighted by Gasteiger charge is -1.96. The second-order valence-corrected chi connectivity index (χ2v) is 9.84. The molecule has 3 heterocycles. The van der Waals surface area contributed by atoms with Crippen molar-refractivity contribution in [2.45, 2.75) is 0 Å². The van der Waals surface area contributed by atoms with E-state index in [0.29, 0.717) is 0 Å². The third kappa shape index (κ3) is 5.70. The molecule has 0 unspecified atom stereocenters. The second-order valence-electron chi connectivity index (χ2n) is 4.85. The molecule has 0 aliphatic carbocycles. The summed E-state index contributed by atoms with van der Waals surface area (Å²) in [6, 6.07) is 10.3. The Hall–Kier alpha value is -2.08. The van der Waals surface area contributed by atoms with E-state index in [2.05, 4.69) is 52.9 Å². The van der Waals surface area contributed by atoms with Gasteiger partial charge in [0.1, 0.15) is 0 Å². The van der Waals surface area contributed by atoms with Crippen LogP contribution in [-0.2, 0) is 0 Å². The number of rotatable bonds is 6. The van der Waals surface area contributed by atoms with Crippen LogP contribution in [0.1, 0.15) is 30.9 Å². The first-order chi connectivity index (χ1) is 13.0. The molecule has 3 aromatic rings. The summed E-state index contributed by atoms with van der Waals surface area (Å²) in [4.78, 5) is 25.7. The minimum absolute atomic E-state index is 0.0316. The van der Waals surface area contributed by atoms with Gasteiger partial charge < -0.3 is 4.42 Å². The predicted octanol–water partition coefficient (Wildman–Crippen LogP) is 4.46. The summed E-state index contributed by atoms with van der Waals surface area (Å²) in [5, 5.41) is 7.70. The quantitative estimate of drug-likeness (QED) is 0.364. The van der Waals surface area contributed by atoms with E-state index in [9.17, 15) is 9.59 Å². The number of carbonyl (C=O) groups excluding carboxylic acids is 2. The zero-order chi connectivity index (χ0) is 19.2. The lowest BCUT2D eigenvalue weighted by atomic mass is 10.4. The Morgan fingerprint density at radius 2 is 1.26 bits per heavy atom. The Bertz CT molecular complexity index is 944. The number of carbonyl (C=O) groups is 2.